The van der Waals surface area contributed by atoms with Crippen LogP contribution in [0.15, 0.2) is 18.2 Å². The van der Waals surface area contributed by atoms with Crippen molar-refractivity contribution in [1.29, 1.82) is 0 Å². The number of aromatic nitrogens is 1. The molecule has 1 heterocycles. The molecule has 3 rings (SSSR count). The van der Waals surface area contributed by atoms with Crippen molar-refractivity contribution in [3.63, 3.8) is 0 Å². The topological polar surface area (TPSA) is 100 Å². The minimum absolute atomic E-state index is 0.394. The maximum atomic E-state index is 12.3. The van der Waals surface area contributed by atoms with Crippen molar-refractivity contribution in [1.82, 2.24) is 15.6 Å². The van der Waals surface area contributed by atoms with Gasteiger partial charge in [0.2, 0.25) is 0 Å². The van der Waals surface area contributed by atoms with E-state index in [0.29, 0.717) is 18.0 Å². The minimum Gasteiger partial charge on any atom is -0.452 e. The SMILES string of the molecule is CCCNC(=O)NC(=O)COC(=O)c1ccc2[nH]c3c(c2c1)C[C@@H](C)CC3. The number of amides is 3. The van der Waals surface area contributed by atoms with Gasteiger partial charge in [0.1, 0.15) is 0 Å². The molecule has 2 aromatic rings. The van der Waals surface area contributed by atoms with Crippen LogP contribution in [0.5, 0.6) is 0 Å². The lowest BCUT2D eigenvalue weighted by Crippen LogP contribution is -2.41. The summed E-state index contributed by atoms with van der Waals surface area (Å²) < 4.78 is 5.04. The van der Waals surface area contributed by atoms with Crippen LogP contribution in [0.1, 0.15) is 48.3 Å². The van der Waals surface area contributed by atoms with Gasteiger partial charge in [-0.05, 0) is 55.4 Å². The van der Waals surface area contributed by atoms with E-state index in [1.54, 1.807) is 6.07 Å². The van der Waals surface area contributed by atoms with Crippen molar-refractivity contribution in [2.75, 3.05) is 13.2 Å². The normalized spacial score (nSPS) is 15.9. The molecule has 27 heavy (non-hydrogen) atoms. The number of hydrogen-bond acceptors (Lipinski definition) is 4. The second kappa shape index (κ2) is 8.24. The highest BCUT2D eigenvalue weighted by Gasteiger charge is 2.21. The van der Waals surface area contributed by atoms with E-state index < -0.39 is 24.5 Å². The van der Waals surface area contributed by atoms with Gasteiger partial charge in [0.05, 0.1) is 5.56 Å². The van der Waals surface area contributed by atoms with Gasteiger partial charge < -0.3 is 15.0 Å². The number of rotatable bonds is 5. The summed E-state index contributed by atoms with van der Waals surface area (Å²) in [4.78, 5) is 38.8. The van der Waals surface area contributed by atoms with Crippen molar-refractivity contribution < 1.29 is 19.1 Å². The summed E-state index contributed by atoms with van der Waals surface area (Å²) in [6.45, 7) is 4.11. The molecule has 0 saturated carbocycles. The molecule has 3 amide bonds. The molecule has 144 valence electrons. The van der Waals surface area contributed by atoms with Crippen LogP contribution in [0, 0.1) is 5.92 Å². The van der Waals surface area contributed by atoms with Gasteiger partial charge in [0.15, 0.2) is 6.61 Å². The van der Waals surface area contributed by atoms with Crippen LogP contribution < -0.4 is 10.6 Å². The highest BCUT2D eigenvalue weighted by atomic mass is 16.5. The molecular formula is C20H25N3O4. The predicted molar refractivity (Wildman–Crippen MR) is 102 cm³/mol. The van der Waals surface area contributed by atoms with Crippen LogP contribution in [0.25, 0.3) is 10.9 Å². The molecule has 3 N–H and O–H groups in total. The Morgan fingerprint density at radius 3 is 2.89 bits per heavy atom. The number of carbonyl (C=O) groups excluding carboxylic acids is 3. The van der Waals surface area contributed by atoms with Crippen molar-refractivity contribution in [2.24, 2.45) is 5.92 Å². The second-order valence-corrected chi connectivity index (χ2v) is 7.07. The van der Waals surface area contributed by atoms with E-state index in [-0.39, 0.29) is 0 Å². The van der Waals surface area contributed by atoms with Crippen LogP contribution >= 0.6 is 0 Å². The molecule has 1 atom stereocenters. The molecule has 0 fully saturated rings. The molecule has 1 aliphatic carbocycles. The fraction of sp³-hybridized carbons (Fsp3) is 0.450. The molecular weight excluding hydrogens is 346 g/mol. The zero-order valence-corrected chi connectivity index (χ0v) is 15.7. The Bertz CT molecular complexity index is 871. The Balaban J connectivity index is 1.63. The van der Waals surface area contributed by atoms with Gasteiger partial charge in [-0.3, -0.25) is 10.1 Å². The number of aryl methyl sites for hydroxylation is 1. The summed E-state index contributed by atoms with van der Waals surface area (Å²) in [5, 5.41) is 5.68. The van der Waals surface area contributed by atoms with Crippen LogP contribution in [0.2, 0.25) is 0 Å². The number of nitrogens with one attached hydrogen (secondary N) is 3. The number of imide groups is 1. The highest BCUT2D eigenvalue weighted by Crippen LogP contribution is 2.32. The number of hydrogen-bond donors (Lipinski definition) is 3. The molecule has 7 nitrogen and oxygen atoms in total. The number of ether oxygens (including phenoxy) is 1. The van der Waals surface area contributed by atoms with Crippen LogP contribution in [-0.2, 0) is 22.4 Å². The third kappa shape index (κ3) is 4.48. The van der Waals surface area contributed by atoms with Crippen molar-refractivity contribution in [3.8, 4) is 0 Å². The lowest BCUT2D eigenvalue weighted by molar-refractivity contribution is -0.123. The van der Waals surface area contributed by atoms with Crippen molar-refractivity contribution >= 4 is 28.8 Å². The molecule has 1 aromatic carbocycles. The zero-order valence-electron chi connectivity index (χ0n) is 15.7. The molecule has 1 aliphatic rings. The number of aromatic amines is 1. The summed E-state index contributed by atoms with van der Waals surface area (Å²) >= 11 is 0. The summed E-state index contributed by atoms with van der Waals surface area (Å²) in [7, 11) is 0. The Kier molecular flexibility index (Phi) is 5.78. The predicted octanol–water partition coefficient (Wildman–Crippen LogP) is 2.69. The molecule has 0 saturated heterocycles. The lowest BCUT2D eigenvalue weighted by Gasteiger charge is -2.18. The summed E-state index contributed by atoms with van der Waals surface area (Å²) in [6, 6.07) is 4.78. The monoisotopic (exact) mass is 371 g/mol. The Morgan fingerprint density at radius 1 is 1.30 bits per heavy atom. The molecule has 0 aliphatic heterocycles. The van der Waals surface area contributed by atoms with E-state index in [1.165, 1.54) is 11.3 Å². The molecule has 0 bridgehead atoms. The number of carbonyl (C=O) groups is 3. The minimum atomic E-state index is -0.661. The van der Waals surface area contributed by atoms with Crippen molar-refractivity contribution in [2.45, 2.75) is 39.5 Å². The van der Waals surface area contributed by atoms with E-state index in [0.717, 1.165) is 36.6 Å². The number of esters is 1. The first-order chi connectivity index (χ1) is 13.0. The Labute approximate surface area is 157 Å². The highest BCUT2D eigenvalue weighted by molar-refractivity contribution is 5.99. The van der Waals surface area contributed by atoms with E-state index in [2.05, 4.69) is 22.5 Å². The van der Waals surface area contributed by atoms with Crippen molar-refractivity contribution in [3.05, 3.63) is 35.0 Å². The van der Waals surface area contributed by atoms with E-state index in [1.807, 2.05) is 19.1 Å². The number of fused-ring (bicyclic) bond motifs is 3. The first-order valence-electron chi connectivity index (χ1n) is 9.36. The van der Waals surface area contributed by atoms with E-state index >= 15 is 0 Å². The Hall–Kier alpha value is -2.83. The molecule has 0 spiro atoms. The van der Waals surface area contributed by atoms with Gasteiger partial charge in [-0.2, -0.15) is 0 Å². The third-order valence-electron chi connectivity index (χ3n) is 4.79. The van der Waals surface area contributed by atoms with Gasteiger partial charge in [0.25, 0.3) is 5.91 Å². The van der Waals surface area contributed by atoms with E-state index in [4.69, 9.17) is 4.74 Å². The first-order valence-corrected chi connectivity index (χ1v) is 9.36. The second-order valence-electron chi connectivity index (χ2n) is 7.07. The first kappa shape index (κ1) is 18.9. The van der Waals surface area contributed by atoms with Crippen LogP contribution in [-0.4, -0.2) is 36.0 Å². The van der Waals surface area contributed by atoms with Gasteiger partial charge in [-0.25, -0.2) is 9.59 Å². The maximum Gasteiger partial charge on any atom is 0.338 e. The zero-order chi connectivity index (χ0) is 19.4. The summed E-state index contributed by atoms with van der Waals surface area (Å²) in [5.74, 6) is -0.625. The maximum absolute atomic E-state index is 12.3. The van der Waals surface area contributed by atoms with E-state index in [9.17, 15) is 14.4 Å². The van der Waals surface area contributed by atoms with Gasteiger partial charge in [0, 0.05) is 23.1 Å². The summed E-state index contributed by atoms with van der Waals surface area (Å²) in [5.41, 5.74) is 3.91. The summed E-state index contributed by atoms with van der Waals surface area (Å²) in [6.07, 6.45) is 3.94. The fourth-order valence-corrected chi connectivity index (χ4v) is 3.38. The largest absolute Gasteiger partial charge is 0.452 e. The third-order valence-corrected chi connectivity index (χ3v) is 4.79. The number of H-pyrrole nitrogens is 1. The molecule has 0 radical (unpaired) electrons. The quantitative estimate of drug-likeness (QED) is 0.704. The standard InChI is InChI=1S/C20H25N3O4/c1-3-8-21-20(26)23-18(24)11-27-19(25)13-5-7-17-15(10-13)14-9-12(2)4-6-16(14)22-17/h5,7,10,12,22H,3-4,6,8-9,11H2,1-2H3,(H2,21,23,24,26)/t12-/m0/s1. The average molecular weight is 371 g/mol. The number of benzene rings is 1. The Morgan fingerprint density at radius 2 is 2.11 bits per heavy atom. The average Bonchev–Trinajstić information content (AvgIpc) is 3.01. The smallest absolute Gasteiger partial charge is 0.338 e. The van der Waals surface area contributed by atoms with Crippen LogP contribution in [0.4, 0.5) is 4.79 Å². The lowest BCUT2D eigenvalue weighted by atomic mass is 9.87. The molecule has 0 unspecified atom stereocenters. The van der Waals surface area contributed by atoms with Crippen LogP contribution in [0.3, 0.4) is 0 Å². The van der Waals surface area contributed by atoms with Gasteiger partial charge >= 0.3 is 12.0 Å². The number of urea groups is 1. The fourth-order valence-electron chi connectivity index (χ4n) is 3.38. The molecule has 7 heteroatoms. The van der Waals surface area contributed by atoms with Gasteiger partial charge in [-0.1, -0.05) is 13.8 Å². The van der Waals surface area contributed by atoms with Gasteiger partial charge in [-0.15, -0.1) is 0 Å². The molecule has 1 aromatic heterocycles.